The molecular formula is C16H19NO2. The highest BCUT2D eigenvalue weighted by Gasteiger charge is 2.45. The summed E-state index contributed by atoms with van der Waals surface area (Å²) in [6.45, 7) is 5.81. The summed E-state index contributed by atoms with van der Waals surface area (Å²) in [6.07, 6.45) is 2.34. The molecule has 0 spiro atoms. The zero-order valence-corrected chi connectivity index (χ0v) is 12.0. The van der Waals surface area contributed by atoms with Crippen molar-refractivity contribution in [3.8, 4) is 11.8 Å². The smallest absolute Gasteiger partial charge is 0.183 e. The number of benzene rings is 1. The van der Waals surface area contributed by atoms with Crippen LogP contribution in [-0.2, 0) is 0 Å². The third-order valence-electron chi connectivity index (χ3n) is 4.33. The first-order chi connectivity index (χ1) is 8.96. The minimum atomic E-state index is -0.780. The molecule has 19 heavy (non-hydrogen) atoms. The number of carbonyl (C=O) groups is 1. The first-order valence-corrected chi connectivity index (χ1v) is 6.57. The number of carbonyl (C=O) groups excluding carboxylic acids is 1. The summed E-state index contributed by atoms with van der Waals surface area (Å²) in [6, 6.07) is 4.09. The molecule has 0 aliphatic heterocycles. The van der Waals surface area contributed by atoms with Gasteiger partial charge in [0.2, 0.25) is 0 Å². The van der Waals surface area contributed by atoms with Gasteiger partial charge in [-0.2, -0.15) is 5.26 Å². The number of Topliss-reactive ketones (excluding diaryl/α,β-unsaturated/α-hetero) is 1. The molecule has 3 heteroatoms. The molecule has 1 saturated carbocycles. The van der Waals surface area contributed by atoms with Crippen LogP contribution < -0.4 is 4.74 Å². The summed E-state index contributed by atoms with van der Waals surface area (Å²) in [5.41, 5.74) is 2.75. The predicted octanol–water partition coefficient (Wildman–Crippen LogP) is 3.50. The summed E-state index contributed by atoms with van der Waals surface area (Å²) in [5.74, 6) is 0.807. The summed E-state index contributed by atoms with van der Waals surface area (Å²) in [7, 11) is 1.64. The minimum absolute atomic E-state index is 0.0207. The number of hydrogen-bond donors (Lipinski definition) is 0. The first-order valence-electron chi connectivity index (χ1n) is 6.57. The third kappa shape index (κ3) is 1.92. The third-order valence-corrected chi connectivity index (χ3v) is 4.33. The molecule has 0 aromatic heterocycles. The van der Waals surface area contributed by atoms with Gasteiger partial charge in [-0.3, -0.25) is 4.79 Å². The number of rotatable bonds is 3. The van der Waals surface area contributed by atoms with E-state index in [2.05, 4.69) is 6.07 Å². The number of nitriles is 1. The zero-order valence-electron chi connectivity index (χ0n) is 12.0. The molecule has 0 unspecified atom stereocenters. The van der Waals surface area contributed by atoms with Gasteiger partial charge in [0.05, 0.1) is 13.2 Å². The average Bonchev–Trinajstić information content (AvgIpc) is 2.33. The van der Waals surface area contributed by atoms with E-state index >= 15 is 0 Å². The number of ether oxygens (including phenoxy) is 1. The van der Waals surface area contributed by atoms with E-state index in [0.717, 1.165) is 28.9 Å². The van der Waals surface area contributed by atoms with Crippen LogP contribution in [0.5, 0.6) is 5.75 Å². The van der Waals surface area contributed by atoms with Crippen LogP contribution in [0, 0.1) is 37.5 Å². The van der Waals surface area contributed by atoms with Crippen LogP contribution in [0.1, 0.15) is 46.3 Å². The topological polar surface area (TPSA) is 50.1 Å². The Bertz CT molecular complexity index is 577. The number of nitrogens with zero attached hydrogens (tertiary/aromatic N) is 1. The van der Waals surface area contributed by atoms with Crippen LogP contribution in [0.2, 0.25) is 0 Å². The summed E-state index contributed by atoms with van der Waals surface area (Å²) < 4.78 is 5.37. The van der Waals surface area contributed by atoms with Gasteiger partial charge in [0.25, 0.3) is 0 Å². The second kappa shape index (κ2) is 4.70. The molecule has 0 heterocycles. The van der Waals surface area contributed by atoms with Crippen molar-refractivity contribution < 1.29 is 9.53 Å². The molecule has 1 aromatic rings. The monoisotopic (exact) mass is 257 g/mol. The van der Waals surface area contributed by atoms with Gasteiger partial charge in [-0.15, -0.1) is 0 Å². The van der Waals surface area contributed by atoms with E-state index < -0.39 is 5.41 Å². The van der Waals surface area contributed by atoms with Gasteiger partial charge in [-0.25, -0.2) is 0 Å². The van der Waals surface area contributed by atoms with Gasteiger partial charge >= 0.3 is 0 Å². The highest BCUT2D eigenvalue weighted by molar-refractivity contribution is 6.04. The lowest BCUT2D eigenvalue weighted by Gasteiger charge is -2.34. The fourth-order valence-electron chi connectivity index (χ4n) is 2.79. The lowest BCUT2D eigenvalue weighted by Crippen LogP contribution is -2.37. The Kier molecular flexibility index (Phi) is 3.36. The maximum absolute atomic E-state index is 12.6. The van der Waals surface area contributed by atoms with Crippen molar-refractivity contribution in [2.45, 2.75) is 40.0 Å². The second-order valence-corrected chi connectivity index (χ2v) is 5.40. The fraction of sp³-hybridized carbons (Fsp3) is 0.500. The van der Waals surface area contributed by atoms with Crippen molar-refractivity contribution >= 4 is 5.78 Å². The fourth-order valence-corrected chi connectivity index (χ4v) is 2.79. The van der Waals surface area contributed by atoms with Crippen LogP contribution in [0.25, 0.3) is 0 Å². The molecule has 0 N–H and O–H groups in total. The molecule has 100 valence electrons. The largest absolute Gasteiger partial charge is 0.496 e. The highest BCUT2D eigenvalue weighted by atomic mass is 16.5. The maximum atomic E-state index is 12.6. The van der Waals surface area contributed by atoms with E-state index in [1.807, 2.05) is 26.8 Å². The molecular weight excluding hydrogens is 238 g/mol. The molecule has 0 amide bonds. The number of ketones is 1. The second-order valence-electron chi connectivity index (χ2n) is 5.40. The Morgan fingerprint density at radius 2 is 1.95 bits per heavy atom. The van der Waals surface area contributed by atoms with Crippen LogP contribution in [-0.4, -0.2) is 12.9 Å². The Morgan fingerprint density at radius 1 is 1.32 bits per heavy atom. The maximum Gasteiger partial charge on any atom is 0.183 e. The van der Waals surface area contributed by atoms with E-state index in [1.54, 1.807) is 7.11 Å². The van der Waals surface area contributed by atoms with Gasteiger partial charge in [0.15, 0.2) is 5.78 Å². The van der Waals surface area contributed by atoms with Crippen molar-refractivity contribution in [1.82, 2.24) is 0 Å². The number of methoxy groups -OCH3 is 1. The molecule has 2 rings (SSSR count). The quantitative estimate of drug-likeness (QED) is 0.779. The van der Waals surface area contributed by atoms with Crippen molar-refractivity contribution in [1.29, 1.82) is 5.26 Å². The molecule has 1 aliphatic carbocycles. The Hall–Kier alpha value is -1.82. The first kappa shape index (κ1) is 13.6. The van der Waals surface area contributed by atoms with Gasteiger partial charge < -0.3 is 4.74 Å². The van der Waals surface area contributed by atoms with E-state index in [1.165, 1.54) is 0 Å². The van der Waals surface area contributed by atoms with E-state index in [0.29, 0.717) is 18.4 Å². The number of aryl methyl sites for hydroxylation is 1. The Labute approximate surface area is 114 Å². The Balaban J connectivity index is 2.53. The van der Waals surface area contributed by atoms with Crippen molar-refractivity contribution in [2.75, 3.05) is 7.11 Å². The summed E-state index contributed by atoms with van der Waals surface area (Å²) in [4.78, 5) is 12.6. The van der Waals surface area contributed by atoms with Gasteiger partial charge in [0, 0.05) is 5.56 Å². The lowest BCUT2D eigenvalue weighted by atomic mass is 9.65. The minimum Gasteiger partial charge on any atom is -0.496 e. The molecule has 0 saturated heterocycles. The summed E-state index contributed by atoms with van der Waals surface area (Å²) in [5, 5.41) is 9.30. The van der Waals surface area contributed by atoms with Crippen molar-refractivity contribution in [3.63, 3.8) is 0 Å². The van der Waals surface area contributed by atoms with Crippen LogP contribution in [0.4, 0.5) is 0 Å². The lowest BCUT2D eigenvalue weighted by molar-refractivity contribution is 0.0747. The average molecular weight is 257 g/mol. The predicted molar refractivity (Wildman–Crippen MR) is 73.4 cm³/mol. The summed E-state index contributed by atoms with van der Waals surface area (Å²) >= 11 is 0. The molecule has 1 fully saturated rings. The van der Waals surface area contributed by atoms with Crippen molar-refractivity contribution in [2.24, 2.45) is 5.41 Å². The SMILES string of the molecule is COc1c(C)cc(C(=O)C2(C#N)CCC2)c(C)c1C. The molecule has 1 aliphatic rings. The Morgan fingerprint density at radius 3 is 2.37 bits per heavy atom. The van der Waals surface area contributed by atoms with Gasteiger partial charge in [-0.1, -0.05) is 0 Å². The normalized spacial score (nSPS) is 16.4. The highest BCUT2D eigenvalue weighted by Crippen LogP contribution is 2.44. The zero-order chi connectivity index (χ0) is 14.2. The van der Waals surface area contributed by atoms with E-state index in [9.17, 15) is 10.1 Å². The van der Waals surface area contributed by atoms with Gasteiger partial charge in [0.1, 0.15) is 11.2 Å². The molecule has 0 radical (unpaired) electrons. The molecule has 0 bridgehead atoms. The molecule has 1 aromatic carbocycles. The van der Waals surface area contributed by atoms with Crippen LogP contribution in [0.15, 0.2) is 6.07 Å². The number of hydrogen-bond acceptors (Lipinski definition) is 3. The molecule has 0 atom stereocenters. The van der Waals surface area contributed by atoms with Gasteiger partial charge in [-0.05, 0) is 62.8 Å². The van der Waals surface area contributed by atoms with Crippen LogP contribution >= 0.6 is 0 Å². The van der Waals surface area contributed by atoms with Crippen LogP contribution in [0.3, 0.4) is 0 Å². The van der Waals surface area contributed by atoms with E-state index in [4.69, 9.17) is 4.74 Å². The molecule has 3 nitrogen and oxygen atoms in total. The standard InChI is InChI=1S/C16H19NO2/c1-10-8-13(11(2)12(3)14(10)19-4)15(18)16(9-17)6-5-7-16/h8H,5-7H2,1-4H3. The van der Waals surface area contributed by atoms with Crippen molar-refractivity contribution in [3.05, 3.63) is 28.3 Å². The van der Waals surface area contributed by atoms with E-state index in [-0.39, 0.29) is 5.78 Å².